The molecule has 1 atom stereocenters. The predicted octanol–water partition coefficient (Wildman–Crippen LogP) is 3.18. The molecule has 4 rings (SSSR count). The summed E-state index contributed by atoms with van der Waals surface area (Å²) in [5.74, 6) is 0.731. The molecule has 2 aromatic carbocycles. The number of morpholine rings is 1. The van der Waals surface area contributed by atoms with Crippen LogP contribution in [0.4, 0.5) is 0 Å². The van der Waals surface area contributed by atoms with Crippen molar-refractivity contribution in [3.8, 4) is 11.4 Å². The van der Waals surface area contributed by atoms with Crippen LogP contribution >= 0.6 is 11.8 Å². The lowest BCUT2D eigenvalue weighted by Crippen LogP contribution is -2.47. The smallest absolute Gasteiger partial charge is 0.247 e. The number of aromatic nitrogens is 3. The molecule has 7 nitrogen and oxygen atoms in total. The molecule has 1 amide bonds. The molecule has 3 aromatic rings. The third kappa shape index (κ3) is 5.49. The van der Waals surface area contributed by atoms with Crippen LogP contribution in [-0.4, -0.2) is 58.0 Å². The molecule has 0 N–H and O–H groups in total. The SMILES string of the molecule is O=C(C=CSc1ccccc1)N1CCOC(COc2ccc(-n3cncn3)cc2)C1. The molecule has 0 saturated carbocycles. The first-order valence-corrected chi connectivity index (χ1v) is 10.5. The fourth-order valence-electron chi connectivity index (χ4n) is 3.02. The second-order valence-electron chi connectivity index (χ2n) is 6.66. The number of benzene rings is 2. The Balaban J connectivity index is 1.25. The summed E-state index contributed by atoms with van der Waals surface area (Å²) in [5, 5.41) is 5.93. The van der Waals surface area contributed by atoms with Gasteiger partial charge in [0.15, 0.2) is 0 Å². The lowest BCUT2D eigenvalue weighted by Gasteiger charge is -2.32. The van der Waals surface area contributed by atoms with Gasteiger partial charge in [0, 0.05) is 17.5 Å². The van der Waals surface area contributed by atoms with Crippen molar-refractivity contribution >= 4 is 17.7 Å². The van der Waals surface area contributed by atoms with Crippen LogP contribution in [0.5, 0.6) is 5.75 Å². The Bertz CT molecular complexity index is 962. The van der Waals surface area contributed by atoms with E-state index in [1.165, 1.54) is 18.1 Å². The molecule has 0 bridgehead atoms. The molecule has 0 radical (unpaired) electrons. The van der Waals surface area contributed by atoms with Crippen LogP contribution in [0.25, 0.3) is 5.69 Å². The number of thioether (sulfide) groups is 1. The first-order chi connectivity index (χ1) is 14.8. The van der Waals surface area contributed by atoms with E-state index in [1.807, 2.05) is 60.0 Å². The highest BCUT2D eigenvalue weighted by Gasteiger charge is 2.23. The van der Waals surface area contributed by atoms with E-state index in [1.54, 1.807) is 22.0 Å². The number of hydrogen-bond donors (Lipinski definition) is 0. The van der Waals surface area contributed by atoms with Gasteiger partial charge in [0.2, 0.25) is 5.91 Å². The zero-order valence-corrected chi connectivity index (χ0v) is 17.1. The second-order valence-corrected chi connectivity index (χ2v) is 7.63. The zero-order valence-electron chi connectivity index (χ0n) is 16.3. The van der Waals surface area contributed by atoms with Crippen molar-refractivity contribution in [1.82, 2.24) is 19.7 Å². The number of amides is 1. The second kappa shape index (κ2) is 10.1. The zero-order chi connectivity index (χ0) is 20.6. The molecule has 1 aliphatic rings. The molecule has 8 heteroatoms. The molecular weight excluding hydrogens is 400 g/mol. The molecule has 1 unspecified atom stereocenters. The minimum Gasteiger partial charge on any atom is -0.491 e. The highest BCUT2D eigenvalue weighted by molar-refractivity contribution is 8.02. The Hall–Kier alpha value is -3.10. The average molecular weight is 423 g/mol. The van der Waals surface area contributed by atoms with Crippen molar-refractivity contribution in [1.29, 1.82) is 0 Å². The summed E-state index contributed by atoms with van der Waals surface area (Å²) in [5.41, 5.74) is 0.908. The molecule has 0 spiro atoms. The normalized spacial score (nSPS) is 16.7. The van der Waals surface area contributed by atoms with Crippen LogP contribution in [0, 0.1) is 0 Å². The van der Waals surface area contributed by atoms with Gasteiger partial charge in [-0.05, 0) is 41.8 Å². The van der Waals surface area contributed by atoms with Crippen LogP contribution in [0.3, 0.4) is 0 Å². The van der Waals surface area contributed by atoms with Gasteiger partial charge in [-0.2, -0.15) is 5.10 Å². The predicted molar refractivity (Wildman–Crippen MR) is 115 cm³/mol. The summed E-state index contributed by atoms with van der Waals surface area (Å²) in [6.45, 7) is 1.98. The molecular formula is C22H22N4O3S. The third-order valence-electron chi connectivity index (χ3n) is 4.56. The van der Waals surface area contributed by atoms with Gasteiger partial charge in [0.25, 0.3) is 0 Å². The van der Waals surface area contributed by atoms with Crippen LogP contribution in [0.15, 0.2) is 83.6 Å². The fourth-order valence-corrected chi connectivity index (χ4v) is 3.68. The number of carbonyl (C=O) groups is 1. The molecule has 1 fully saturated rings. The lowest BCUT2D eigenvalue weighted by atomic mass is 10.2. The average Bonchev–Trinajstić information content (AvgIpc) is 3.34. The van der Waals surface area contributed by atoms with Gasteiger partial charge in [-0.3, -0.25) is 4.79 Å². The Labute approximate surface area is 179 Å². The summed E-state index contributed by atoms with van der Waals surface area (Å²) >= 11 is 1.53. The number of hydrogen-bond acceptors (Lipinski definition) is 6. The van der Waals surface area contributed by atoms with Crippen molar-refractivity contribution in [2.45, 2.75) is 11.0 Å². The van der Waals surface area contributed by atoms with Crippen LogP contribution in [0.1, 0.15) is 0 Å². The minimum atomic E-state index is -0.159. The van der Waals surface area contributed by atoms with E-state index in [0.29, 0.717) is 26.3 Å². The molecule has 2 heterocycles. The van der Waals surface area contributed by atoms with Gasteiger partial charge in [0.05, 0.1) is 18.8 Å². The molecule has 0 aliphatic carbocycles. The van der Waals surface area contributed by atoms with Crippen LogP contribution in [-0.2, 0) is 9.53 Å². The van der Waals surface area contributed by atoms with Gasteiger partial charge in [-0.25, -0.2) is 9.67 Å². The van der Waals surface area contributed by atoms with Crippen molar-refractivity contribution in [3.05, 3.63) is 78.7 Å². The maximum atomic E-state index is 12.5. The first kappa shape index (κ1) is 20.2. The number of ether oxygens (including phenoxy) is 2. The Morgan fingerprint density at radius 3 is 2.80 bits per heavy atom. The van der Waals surface area contributed by atoms with Gasteiger partial charge < -0.3 is 14.4 Å². The van der Waals surface area contributed by atoms with E-state index < -0.39 is 0 Å². The summed E-state index contributed by atoms with van der Waals surface area (Å²) in [4.78, 5) is 19.3. The summed E-state index contributed by atoms with van der Waals surface area (Å²) in [7, 11) is 0. The van der Waals surface area contributed by atoms with E-state index in [9.17, 15) is 4.79 Å². The maximum Gasteiger partial charge on any atom is 0.247 e. The van der Waals surface area contributed by atoms with Crippen molar-refractivity contribution in [2.24, 2.45) is 0 Å². The highest BCUT2D eigenvalue weighted by atomic mass is 32.2. The molecule has 154 valence electrons. The van der Waals surface area contributed by atoms with E-state index in [4.69, 9.17) is 9.47 Å². The van der Waals surface area contributed by atoms with Crippen LogP contribution in [0.2, 0.25) is 0 Å². The molecule has 1 saturated heterocycles. The van der Waals surface area contributed by atoms with Crippen LogP contribution < -0.4 is 4.74 Å². The number of carbonyl (C=O) groups excluding carboxylic acids is 1. The Morgan fingerprint density at radius 1 is 1.20 bits per heavy atom. The van der Waals surface area contributed by atoms with E-state index in [2.05, 4.69) is 10.1 Å². The number of rotatable bonds is 7. The van der Waals surface area contributed by atoms with Crippen molar-refractivity contribution in [2.75, 3.05) is 26.3 Å². The minimum absolute atomic E-state index is 0.0103. The van der Waals surface area contributed by atoms with Gasteiger partial charge in [-0.1, -0.05) is 30.0 Å². The molecule has 1 aromatic heterocycles. The van der Waals surface area contributed by atoms with Gasteiger partial charge in [-0.15, -0.1) is 0 Å². The van der Waals surface area contributed by atoms with E-state index in [0.717, 1.165) is 16.3 Å². The maximum absolute atomic E-state index is 12.5. The summed E-state index contributed by atoms with van der Waals surface area (Å²) < 4.78 is 13.3. The fraction of sp³-hybridized carbons (Fsp3) is 0.227. The number of nitrogens with zero attached hydrogens (tertiary/aromatic N) is 4. The topological polar surface area (TPSA) is 69.5 Å². The highest BCUT2D eigenvalue weighted by Crippen LogP contribution is 2.19. The van der Waals surface area contributed by atoms with Gasteiger partial charge in [0.1, 0.15) is 31.1 Å². The molecule has 30 heavy (non-hydrogen) atoms. The quantitative estimate of drug-likeness (QED) is 0.430. The standard InChI is InChI=1S/C22H22N4O3S/c27-22(10-13-30-21-4-2-1-3-5-21)25-11-12-28-20(14-25)15-29-19-8-6-18(7-9-19)26-17-23-16-24-26/h1-10,13,16-17,20H,11-12,14-15H2. The van der Waals surface area contributed by atoms with E-state index in [-0.39, 0.29) is 12.0 Å². The lowest BCUT2D eigenvalue weighted by molar-refractivity contribution is -0.134. The Morgan fingerprint density at radius 2 is 2.03 bits per heavy atom. The third-order valence-corrected chi connectivity index (χ3v) is 5.38. The Kier molecular flexibility index (Phi) is 6.79. The van der Waals surface area contributed by atoms with Crippen molar-refractivity contribution in [3.63, 3.8) is 0 Å². The van der Waals surface area contributed by atoms with Gasteiger partial charge >= 0.3 is 0 Å². The summed E-state index contributed by atoms with van der Waals surface area (Å²) in [6, 6.07) is 17.5. The van der Waals surface area contributed by atoms with Crippen molar-refractivity contribution < 1.29 is 14.3 Å². The van der Waals surface area contributed by atoms with E-state index >= 15 is 0 Å². The largest absolute Gasteiger partial charge is 0.491 e. The first-order valence-electron chi connectivity index (χ1n) is 9.64. The molecule has 1 aliphatic heterocycles. The summed E-state index contributed by atoms with van der Waals surface area (Å²) in [6.07, 6.45) is 4.59. The monoisotopic (exact) mass is 422 g/mol.